The minimum atomic E-state index is -2.13. The lowest BCUT2D eigenvalue weighted by molar-refractivity contribution is 0.0833. The van der Waals surface area contributed by atoms with Crippen LogP contribution in [0.2, 0.25) is 0 Å². The average Bonchev–Trinajstić information content (AvgIpc) is 3.23. The number of thiazole rings is 1. The second-order valence-electron chi connectivity index (χ2n) is 6.24. The van der Waals surface area contributed by atoms with Crippen LogP contribution >= 0.6 is 11.3 Å². The van der Waals surface area contributed by atoms with Crippen LogP contribution < -0.4 is 4.90 Å². The number of aromatic nitrogens is 1. The lowest BCUT2D eigenvalue weighted by Crippen LogP contribution is -2.52. The molecule has 1 N–H and O–H groups in total. The summed E-state index contributed by atoms with van der Waals surface area (Å²) in [7, 11) is 0. The number of guanidine groups is 1. The van der Waals surface area contributed by atoms with Crippen LogP contribution in [0.3, 0.4) is 0 Å². The maximum absolute atomic E-state index is 13.2. The summed E-state index contributed by atoms with van der Waals surface area (Å²) in [5, 5.41) is 0.944. The third-order valence-corrected chi connectivity index (χ3v) is 6.18. The zero-order valence-electron chi connectivity index (χ0n) is 14.4. The van der Waals surface area contributed by atoms with E-state index in [-0.39, 0.29) is 16.8 Å². The molecule has 0 radical (unpaired) electrons. The Hall–Kier alpha value is -2.10. The second kappa shape index (κ2) is 6.57. The zero-order valence-corrected chi connectivity index (χ0v) is 16.0. The molecule has 26 heavy (non-hydrogen) atoms. The third kappa shape index (κ3) is 2.76. The van der Waals surface area contributed by atoms with Gasteiger partial charge < -0.3 is 9.45 Å². The lowest BCUT2D eigenvalue weighted by atomic mass is 10.1. The fourth-order valence-corrected chi connectivity index (χ4v) is 4.54. The highest BCUT2D eigenvalue weighted by Gasteiger charge is 2.41. The van der Waals surface area contributed by atoms with Gasteiger partial charge in [-0.2, -0.15) is 0 Å². The topological polar surface area (TPSA) is 86.1 Å². The van der Waals surface area contributed by atoms with Crippen LogP contribution in [0.5, 0.6) is 0 Å². The molecule has 0 saturated carbocycles. The van der Waals surface area contributed by atoms with E-state index in [0.29, 0.717) is 24.6 Å². The van der Waals surface area contributed by atoms with E-state index in [2.05, 4.69) is 21.8 Å². The fraction of sp³-hybridized carbons (Fsp3) is 0.353. The van der Waals surface area contributed by atoms with Crippen molar-refractivity contribution < 1.29 is 13.6 Å². The van der Waals surface area contributed by atoms with E-state index in [1.165, 1.54) is 6.07 Å². The molecular formula is C17H18N4O3S2. The summed E-state index contributed by atoms with van der Waals surface area (Å²) in [5.74, 6) is 0.448. The second-order valence-corrected chi connectivity index (χ2v) is 8.53. The number of fused-ring (bicyclic) bond motifs is 3. The van der Waals surface area contributed by atoms with E-state index < -0.39 is 11.1 Å². The maximum atomic E-state index is 13.2. The molecule has 2 atom stereocenters. The number of nitrogens with zero attached hydrogens (tertiary/aromatic N) is 4. The quantitative estimate of drug-likeness (QED) is 0.811. The molecule has 7 nitrogen and oxygen atoms in total. The Balaban J connectivity index is 1.80. The Labute approximate surface area is 157 Å². The van der Waals surface area contributed by atoms with Crippen molar-refractivity contribution in [1.82, 2.24) is 9.88 Å². The first-order chi connectivity index (χ1) is 12.5. The molecule has 0 spiro atoms. The summed E-state index contributed by atoms with van der Waals surface area (Å²) in [4.78, 5) is 27.0. The van der Waals surface area contributed by atoms with Gasteiger partial charge in [0, 0.05) is 11.1 Å². The van der Waals surface area contributed by atoms with Crippen LogP contribution in [0, 0.1) is 6.92 Å². The van der Waals surface area contributed by atoms with Gasteiger partial charge in [0.1, 0.15) is 0 Å². The van der Waals surface area contributed by atoms with Crippen LogP contribution in [-0.4, -0.2) is 43.1 Å². The number of hydrogen-bond donors (Lipinski definition) is 1. The van der Waals surface area contributed by atoms with Crippen molar-refractivity contribution in [2.75, 3.05) is 11.4 Å². The smallest absolute Gasteiger partial charge is 0.263 e. The van der Waals surface area contributed by atoms with Gasteiger partial charge in [-0.1, -0.05) is 6.92 Å². The van der Waals surface area contributed by atoms with Gasteiger partial charge in [0.05, 0.1) is 40.3 Å². The molecule has 0 bridgehead atoms. The van der Waals surface area contributed by atoms with E-state index in [0.717, 1.165) is 22.0 Å². The first-order valence-corrected chi connectivity index (χ1v) is 10.2. The van der Waals surface area contributed by atoms with Gasteiger partial charge in [0.2, 0.25) is 5.96 Å². The number of carbonyl (C=O) groups is 1. The van der Waals surface area contributed by atoms with E-state index in [1.54, 1.807) is 34.6 Å². The molecule has 9 heteroatoms. The summed E-state index contributed by atoms with van der Waals surface area (Å²) >= 11 is -0.586. The van der Waals surface area contributed by atoms with Gasteiger partial charge in [-0.15, -0.1) is 11.3 Å². The van der Waals surface area contributed by atoms with Crippen molar-refractivity contribution >= 4 is 40.0 Å². The number of amides is 1. The number of hydrogen-bond acceptors (Lipinski definition) is 6. The molecule has 2 aliphatic rings. The Morgan fingerprint density at radius 2 is 2.23 bits per heavy atom. The number of anilines is 1. The van der Waals surface area contributed by atoms with Crippen LogP contribution in [0.15, 0.2) is 34.3 Å². The SMILES string of the molecule is CC[C@H]1CN=C2N(Cc3cnc(C)s3)C(=O)c3cc(S(=O)O)ccc3N21. The number of aliphatic imine (C=N–C) groups is 1. The molecule has 1 unspecified atom stereocenters. The highest BCUT2D eigenvalue weighted by Crippen LogP contribution is 2.36. The van der Waals surface area contributed by atoms with Gasteiger partial charge in [-0.3, -0.25) is 14.7 Å². The first-order valence-electron chi connectivity index (χ1n) is 8.31. The summed E-state index contributed by atoms with van der Waals surface area (Å²) in [6.45, 7) is 5.04. The van der Waals surface area contributed by atoms with Gasteiger partial charge in [0.25, 0.3) is 5.91 Å². The molecular weight excluding hydrogens is 372 g/mol. The number of benzene rings is 1. The molecule has 0 fully saturated rings. The summed E-state index contributed by atoms with van der Waals surface area (Å²) in [5.41, 5.74) is 1.19. The van der Waals surface area contributed by atoms with Crippen molar-refractivity contribution in [2.45, 2.75) is 37.8 Å². The van der Waals surface area contributed by atoms with Crippen LogP contribution in [0.1, 0.15) is 33.6 Å². The van der Waals surface area contributed by atoms with E-state index in [4.69, 9.17) is 0 Å². The van der Waals surface area contributed by atoms with Crippen molar-refractivity contribution in [3.05, 3.63) is 39.8 Å². The molecule has 1 amide bonds. The largest absolute Gasteiger partial charge is 0.306 e. The minimum Gasteiger partial charge on any atom is -0.306 e. The molecule has 1 aromatic carbocycles. The number of rotatable bonds is 4. The molecule has 0 saturated heterocycles. The summed E-state index contributed by atoms with van der Waals surface area (Å²) < 4.78 is 20.9. The minimum absolute atomic E-state index is 0.174. The first kappa shape index (κ1) is 17.3. The molecule has 1 aromatic heterocycles. The molecule has 4 rings (SSSR count). The van der Waals surface area contributed by atoms with E-state index >= 15 is 0 Å². The van der Waals surface area contributed by atoms with Crippen molar-refractivity contribution in [1.29, 1.82) is 0 Å². The Kier molecular flexibility index (Phi) is 4.37. The molecule has 0 aliphatic carbocycles. The highest BCUT2D eigenvalue weighted by molar-refractivity contribution is 7.79. The van der Waals surface area contributed by atoms with Crippen LogP contribution in [0.25, 0.3) is 0 Å². The van der Waals surface area contributed by atoms with Gasteiger partial charge in [-0.25, -0.2) is 9.19 Å². The number of carbonyl (C=O) groups excluding carboxylic acids is 1. The normalized spacial score (nSPS) is 20.0. The molecule has 2 aromatic rings. The van der Waals surface area contributed by atoms with E-state index in [1.807, 2.05) is 6.92 Å². The number of aryl methyl sites for hydroxylation is 1. The Morgan fingerprint density at radius 3 is 2.88 bits per heavy atom. The molecule has 2 aliphatic heterocycles. The summed E-state index contributed by atoms with van der Waals surface area (Å²) in [6, 6.07) is 5.02. The highest BCUT2D eigenvalue weighted by atomic mass is 32.2. The third-order valence-electron chi connectivity index (χ3n) is 4.62. The van der Waals surface area contributed by atoms with Crippen molar-refractivity contribution in [3.63, 3.8) is 0 Å². The maximum Gasteiger partial charge on any atom is 0.263 e. The fourth-order valence-electron chi connectivity index (χ4n) is 3.36. The standard InChI is InChI=1S/C17H18N4O3S2/c1-3-11-7-19-17-20(9-12-8-18-10(2)25-12)16(22)14-6-13(26(23)24)4-5-15(14)21(11)17/h4-6,8,11H,3,7,9H2,1-2H3,(H,23,24)/t11-/m0/s1. The van der Waals surface area contributed by atoms with Gasteiger partial charge >= 0.3 is 0 Å². The summed E-state index contributed by atoms with van der Waals surface area (Å²) in [6.07, 6.45) is 2.67. The average molecular weight is 390 g/mol. The van der Waals surface area contributed by atoms with Crippen LogP contribution in [-0.2, 0) is 17.6 Å². The monoisotopic (exact) mass is 390 g/mol. The van der Waals surface area contributed by atoms with Crippen LogP contribution in [0.4, 0.5) is 5.69 Å². The van der Waals surface area contributed by atoms with Crippen molar-refractivity contribution in [2.24, 2.45) is 4.99 Å². The van der Waals surface area contributed by atoms with Gasteiger partial charge in [0.15, 0.2) is 11.1 Å². The Bertz CT molecular complexity index is 940. The lowest BCUT2D eigenvalue weighted by Gasteiger charge is -2.38. The predicted molar refractivity (Wildman–Crippen MR) is 101 cm³/mol. The van der Waals surface area contributed by atoms with Gasteiger partial charge in [-0.05, 0) is 31.5 Å². The zero-order chi connectivity index (χ0) is 18.4. The molecule has 3 heterocycles. The van der Waals surface area contributed by atoms with Crippen molar-refractivity contribution in [3.8, 4) is 0 Å². The Morgan fingerprint density at radius 1 is 1.42 bits per heavy atom. The van der Waals surface area contributed by atoms with E-state index in [9.17, 15) is 13.6 Å². The predicted octanol–water partition coefficient (Wildman–Crippen LogP) is 2.64. The molecule has 136 valence electrons.